The van der Waals surface area contributed by atoms with Crippen molar-refractivity contribution in [2.45, 2.75) is 13.5 Å². The van der Waals surface area contributed by atoms with Gasteiger partial charge in [-0.1, -0.05) is 30.3 Å². The summed E-state index contributed by atoms with van der Waals surface area (Å²) in [6.45, 7) is 2.84. The smallest absolute Gasteiger partial charge is 0.129 e. The molecule has 3 rings (SSSR count). The molecular weight excluding hydrogens is 260 g/mol. The molecule has 2 aromatic carbocycles. The van der Waals surface area contributed by atoms with Gasteiger partial charge in [-0.3, -0.25) is 0 Å². The van der Waals surface area contributed by atoms with Crippen molar-refractivity contribution in [3.63, 3.8) is 0 Å². The van der Waals surface area contributed by atoms with Crippen LogP contribution in [-0.2, 0) is 6.54 Å². The third-order valence-corrected chi connectivity index (χ3v) is 3.52. The zero-order valence-corrected chi connectivity index (χ0v) is 12.3. The second-order valence-corrected chi connectivity index (χ2v) is 5.05. The molecule has 3 heteroatoms. The van der Waals surface area contributed by atoms with E-state index >= 15 is 0 Å². The summed E-state index contributed by atoms with van der Waals surface area (Å²) in [5, 5.41) is 4.50. The number of nitrogens with zero attached hydrogens (tertiary/aromatic N) is 1. The van der Waals surface area contributed by atoms with E-state index in [1.807, 2.05) is 36.4 Å². The van der Waals surface area contributed by atoms with Crippen LogP contribution in [0.4, 0.5) is 5.82 Å². The van der Waals surface area contributed by atoms with E-state index in [4.69, 9.17) is 9.72 Å². The van der Waals surface area contributed by atoms with Gasteiger partial charge in [0.25, 0.3) is 0 Å². The molecule has 3 aromatic rings. The van der Waals surface area contributed by atoms with Crippen LogP contribution in [0.2, 0.25) is 0 Å². The molecule has 0 saturated carbocycles. The number of benzene rings is 2. The van der Waals surface area contributed by atoms with Crippen molar-refractivity contribution < 1.29 is 4.74 Å². The van der Waals surface area contributed by atoms with Gasteiger partial charge in [0, 0.05) is 11.9 Å². The number of rotatable bonds is 4. The highest BCUT2D eigenvalue weighted by Crippen LogP contribution is 2.24. The van der Waals surface area contributed by atoms with Gasteiger partial charge in [0.05, 0.1) is 12.6 Å². The van der Waals surface area contributed by atoms with Gasteiger partial charge in [-0.25, -0.2) is 4.98 Å². The molecule has 1 aromatic heterocycles. The normalized spacial score (nSPS) is 10.6. The fraction of sp³-hybridized carbons (Fsp3) is 0.167. The molecule has 0 aliphatic heterocycles. The minimum atomic E-state index is 0.774. The van der Waals surface area contributed by atoms with Gasteiger partial charge in [-0.15, -0.1) is 0 Å². The Morgan fingerprint density at radius 1 is 1.05 bits per heavy atom. The fourth-order valence-corrected chi connectivity index (χ4v) is 2.35. The minimum Gasteiger partial charge on any atom is -0.497 e. The monoisotopic (exact) mass is 278 g/mol. The van der Waals surface area contributed by atoms with Crippen LogP contribution in [0.5, 0.6) is 5.75 Å². The lowest BCUT2D eigenvalue weighted by atomic mass is 10.1. The first kappa shape index (κ1) is 13.4. The Bertz CT molecular complexity index is 754. The Balaban J connectivity index is 1.87. The van der Waals surface area contributed by atoms with E-state index in [-0.39, 0.29) is 0 Å². The first-order valence-corrected chi connectivity index (χ1v) is 6.99. The van der Waals surface area contributed by atoms with E-state index in [1.165, 1.54) is 5.56 Å². The molecule has 3 nitrogen and oxygen atoms in total. The van der Waals surface area contributed by atoms with Gasteiger partial charge in [0.2, 0.25) is 0 Å². The summed E-state index contributed by atoms with van der Waals surface area (Å²) >= 11 is 0. The van der Waals surface area contributed by atoms with Crippen molar-refractivity contribution in [1.82, 2.24) is 4.98 Å². The molecule has 0 radical (unpaired) electrons. The van der Waals surface area contributed by atoms with Gasteiger partial charge in [0.1, 0.15) is 11.6 Å². The first-order chi connectivity index (χ1) is 10.3. The predicted molar refractivity (Wildman–Crippen MR) is 86.8 cm³/mol. The Labute approximate surface area is 124 Å². The second-order valence-electron chi connectivity index (χ2n) is 5.05. The average Bonchev–Trinajstić information content (AvgIpc) is 2.53. The molecule has 0 spiro atoms. The molecule has 0 aliphatic carbocycles. The van der Waals surface area contributed by atoms with Crippen molar-refractivity contribution in [2.24, 2.45) is 0 Å². The summed E-state index contributed by atoms with van der Waals surface area (Å²) in [4.78, 5) is 4.70. The number of anilines is 1. The molecule has 106 valence electrons. The van der Waals surface area contributed by atoms with E-state index in [1.54, 1.807) is 7.11 Å². The summed E-state index contributed by atoms with van der Waals surface area (Å²) in [6.07, 6.45) is 0. The summed E-state index contributed by atoms with van der Waals surface area (Å²) < 4.78 is 5.25. The molecule has 0 bridgehead atoms. The Hall–Kier alpha value is -2.55. The van der Waals surface area contributed by atoms with Crippen molar-refractivity contribution in [1.29, 1.82) is 0 Å². The molecule has 0 amide bonds. The van der Waals surface area contributed by atoms with Crippen LogP contribution in [0, 0.1) is 6.92 Å². The minimum absolute atomic E-state index is 0.774. The highest BCUT2D eigenvalue weighted by atomic mass is 16.5. The first-order valence-electron chi connectivity index (χ1n) is 6.99. The molecule has 0 unspecified atom stereocenters. The highest BCUT2D eigenvalue weighted by molar-refractivity contribution is 5.83. The largest absolute Gasteiger partial charge is 0.497 e. The highest BCUT2D eigenvalue weighted by Gasteiger charge is 2.04. The summed E-state index contributed by atoms with van der Waals surface area (Å²) in [6, 6.07) is 18.4. The number of aryl methyl sites for hydroxylation is 1. The van der Waals surface area contributed by atoms with Crippen LogP contribution < -0.4 is 10.1 Å². The molecule has 1 heterocycles. The molecule has 1 N–H and O–H groups in total. The SMILES string of the molecule is COc1ccc2nc(NCc3ccccc3)c(C)cc2c1. The Kier molecular flexibility index (Phi) is 3.73. The molecular formula is C18H18N2O. The number of hydrogen-bond acceptors (Lipinski definition) is 3. The number of nitrogens with one attached hydrogen (secondary N) is 1. The number of aromatic nitrogens is 1. The van der Waals surface area contributed by atoms with E-state index in [9.17, 15) is 0 Å². The van der Waals surface area contributed by atoms with Crippen molar-refractivity contribution >= 4 is 16.7 Å². The number of hydrogen-bond donors (Lipinski definition) is 1. The number of ether oxygens (including phenoxy) is 1. The standard InChI is InChI=1S/C18H18N2O/c1-13-10-15-11-16(21-2)8-9-17(15)20-18(13)19-12-14-6-4-3-5-7-14/h3-11H,12H2,1-2H3,(H,19,20). The molecule has 0 fully saturated rings. The maximum atomic E-state index is 5.25. The van der Waals surface area contributed by atoms with Crippen LogP contribution in [0.3, 0.4) is 0 Å². The summed E-state index contributed by atoms with van der Waals surface area (Å²) in [5.74, 6) is 1.78. The quantitative estimate of drug-likeness (QED) is 0.778. The van der Waals surface area contributed by atoms with Crippen molar-refractivity contribution in [2.75, 3.05) is 12.4 Å². The van der Waals surface area contributed by atoms with Gasteiger partial charge < -0.3 is 10.1 Å². The van der Waals surface area contributed by atoms with Crippen LogP contribution in [0.25, 0.3) is 10.9 Å². The zero-order chi connectivity index (χ0) is 14.7. The van der Waals surface area contributed by atoms with E-state index in [2.05, 4.69) is 30.4 Å². The van der Waals surface area contributed by atoms with Gasteiger partial charge >= 0.3 is 0 Å². The molecule has 0 aliphatic rings. The van der Waals surface area contributed by atoms with Crippen LogP contribution in [0.15, 0.2) is 54.6 Å². The van der Waals surface area contributed by atoms with Crippen molar-refractivity contribution in [3.8, 4) is 5.75 Å². The maximum absolute atomic E-state index is 5.25. The Morgan fingerprint density at radius 2 is 1.86 bits per heavy atom. The number of pyridine rings is 1. The maximum Gasteiger partial charge on any atom is 0.129 e. The fourth-order valence-electron chi connectivity index (χ4n) is 2.35. The van der Waals surface area contributed by atoms with Crippen molar-refractivity contribution in [3.05, 3.63) is 65.7 Å². The predicted octanol–water partition coefficient (Wildman–Crippen LogP) is 4.16. The second kappa shape index (κ2) is 5.83. The number of fused-ring (bicyclic) bond motifs is 1. The third-order valence-electron chi connectivity index (χ3n) is 3.52. The van der Waals surface area contributed by atoms with E-state index in [0.29, 0.717) is 0 Å². The average molecular weight is 278 g/mol. The molecule has 0 atom stereocenters. The van der Waals surface area contributed by atoms with Gasteiger partial charge in [0.15, 0.2) is 0 Å². The van der Waals surface area contributed by atoms with E-state index < -0.39 is 0 Å². The zero-order valence-electron chi connectivity index (χ0n) is 12.3. The van der Waals surface area contributed by atoms with Crippen LogP contribution in [-0.4, -0.2) is 12.1 Å². The third kappa shape index (κ3) is 2.97. The lowest BCUT2D eigenvalue weighted by molar-refractivity contribution is 0.415. The lowest BCUT2D eigenvalue weighted by Crippen LogP contribution is -2.03. The molecule has 0 saturated heterocycles. The van der Waals surface area contributed by atoms with Crippen LogP contribution in [0.1, 0.15) is 11.1 Å². The van der Waals surface area contributed by atoms with Gasteiger partial charge in [-0.05, 0) is 42.3 Å². The van der Waals surface area contributed by atoms with Gasteiger partial charge in [-0.2, -0.15) is 0 Å². The van der Waals surface area contributed by atoms with Crippen LogP contribution >= 0.6 is 0 Å². The van der Waals surface area contributed by atoms with E-state index in [0.717, 1.165) is 34.6 Å². The topological polar surface area (TPSA) is 34.1 Å². The molecule has 21 heavy (non-hydrogen) atoms. The Morgan fingerprint density at radius 3 is 2.62 bits per heavy atom. The summed E-state index contributed by atoms with van der Waals surface area (Å²) in [5.41, 5.74) is 3.34. The number of methoxy groups -OCH3 is 1. The lowest BCUT2D eigenvalue weighted by Gasteiger charge is -2.11. The summed E-state index contributed by atoms with van der Waals surface area (Å²) in [7, 11) is 1.68.